The van der Waals surface area contributed by atoms with E-state index in [1.165, 1.54) is 6.26 Å². The normalized spacial score (nSPS) is 17.5. The number of amides is 1. The molecule has 2 aromatic rings. The van der Waals surface area contributed by atoms with E-state index in [0.29, 0.717) is 56.2 Å². The number of hydrogen-bond acceptors (Lipinski definition) is 6. The number of esters is 1. The fourth-order valence-electron chi connectivity index (χ4n) is 3.91. The molecular weight excluding hydrogens is 398 g/mol. The Hall–Kier alpha value is -2.61. The minimum absolute atomic E-state index is 0.0575. The van der Waals surface area contributed by atoms with Crippen LogP contribution in [0.25, 0.3) is 0 Å². The van der Waals surface area contributed by atoms with Gasteiger partial charge in [-0.2, -0.15) is 5.10 Å². The van der Waals surface area contributed by atoms with Crippen LogP contribution in [-0.4, -0.2) is 48.0 Å². The van der Waals surface area contributed by atoms with Gasteiger partial charge in [0.25, 0.3) is 5.91 Å². The van der Waals surface area contributed by atoms with Crippen LogP contribution in [0.3, 0.4) is 0 Å². The Morgan fingerprint density at radius 1 is 1.32 bits per heavy atom. The van der Waals surface area contributed by atoms with E-state index in [2.05, 4.69) is 5.32 Å². The summed E-state index contributed by atoms with van der Waals surface area (Å²) in [4.78, 5) is 25.0. The Morgan fingerprint density at radius 2 is 2.16 bits per heavy atom. The molecule has 0 radical (unpaired) electrons. The van der Waals surface area contributed by atoms with Gasteiger partial charge in [-0.3, -0.25) is 9.48 Å². The summed E-state index contributed by atoms with van der Waals surface area (Å²) in [6.07, 6.45) is 7.42. The zero-order valence-electron chi connectivity index (χ0n) is 18.2. The molecule has 1 saturated carbocycles. The fourth-order valence-corrected chi connectivity index (χ4v) is 3.91. The van der Waals surface area contributed by atoms with E-state index < -0.39 is 0 Å². The lowest BCUT2D eigenvalue weighted by Gasteiger charge is -2.10. The van der Waals surface area contributed by atoms with Gasteiger partial charge in [-0.25, -0.2) is 4.79 Å². The molecule has 0 unspecified atom stereocenters. The highest BCUT2D eigenvalue weighted by Crippen LogP contribution is 2.40. The van der Waals surface area contributed by atoms with E-state index in [1.807, 2.05) is 11.6 Å². The van der Waals surface area contributed by atoms with Crippen molar-refractivity contribution < 1.29 is 23.5 Å². The number of ether oxygens (including phenoxy) is 2. The lowest BCUT2D eigenvalue weighted by atomic mass is 10.1. The third-order valence-electron chi connectivity index (χ3n) is 5.73. The molecule has 4 rings (SSSR count). The van der Waals surface area contributed by atoms with Crippen LogP contribution < -0.4 is 5.32 Å². The zero-order chi connectivity index (χ0) is 21.6. The first-order chi connectivity index (χ1) is 15.2. The maximum absolute atomic E-state index is 12.8. The molecule has 1 aliphatic carbocycles. The van der Waals surface area contributed by atoms with Crippen LogP contribution in [0.2, 0.25) is 0 Å². The van der Waals surface area contributed by atoms with Crippen molar-refractivity contribution in [1.29, 1.82) is 0 Å². The molecule has 2 aromatic heterocycles. The molecule has 1 fully saturated rings. The van der Waals surface area contributed by atoms with Gasteiger partial charge in [-0.05, 0) is 44.6 Å². The first kappa shape index (κ1) is 21.6. The molecule has 168 valence electrons. The van der Waals surface area contributed by atoms with Gasteiger partial charge in [0.2, 0.25) is 0 Å². The molecule has 3 heterocycles. The van der Waals surface area contributed by atoms with Gasteiger partial charge >= 0.3 is 5.97 Å². The van der Waals surface area contributed by atoms with Gasteiger partial charge in [0, 0.05) is 38.6 Å². The molecular formula is C23H31N3O5. The molecule has 1 aliphatic heterocycles. The summed E-state index contributed by atoms with van der Waals surface area (Å²) in [5.74, 6) is 0.923. The zero-order valence-corrected chi connectivity index (χ0v) is 18.2. The van der Waals surface area contributed by atoms with Crippen molar-refractivity contribution in [3.8, 4) is 0 Å². The molecule has 0 spiro atoms. The lowest BCUT2D eigenvalue weighted by Crippen LogP contribution is -2.26. The number of rotatable bonds is 7. The summed E-state index contributed by atoms with van der Waals surface area (Å²) >= 11 is 0. The van der Waals surface area contributed by atoms with Crippen LogP contribution in [0, 0.1) is 0 Å². The third kappa shape index (κ3) is 5.36. The largest absolute Gasteiger partial charge is 0.468 e. The summed E-state index contributed by atoms with van der Waals surface area (Å²) in [6.45, 7) is 4.81. The highest BCUT2D eigenvalue weighted by molar-refractivity contribution is 5.96. The Balaban J connectivity index is 1.37. The summed E-state index contributed by atoms with van der Waals surface area (Å²) in [6, 6.07) is 1.79. The van der Waals surface area contributed by atoms with Gasteiger partial charge in [-0.1, -0.05) is 6.92 Å². The number of nitrogens with zero attached hydrogens (tertiary/aromatic N) is 2. The molecule has 0 aromatic carbocycles. The first-order valence-corrected chi connectivity index (χ1v) is 11.4. The van der Waals surface area contributed by atoms with Gasteiger partial charge in [0.05, 0.1) is 29.1 Å². The van der Waals surface area contributed by atoms with Gasteiger partial charge in [0.1, 0.15) is 12.0 Å². The minimum atomic E-state index is -0.360. The maximum atomic E-state index is 12.8. The van der Waals surface area contributed by atoms with E-state index in [1.54, 1.807) is 6.07 Å². The van der Waals surface area contributed by atoms with E-state index in [-0.39, 0.29) is 18.5 Å². The predicted octanol–water partition coefficient (Wildman–Crippen LogP) is 3.25. The summed E-state index contributed by atoms with van der Waals surface area (Å²) in [5.41, 5.74) is 2.93. The number of aryl methyl sites for hydroxylation is 2. The van der Waals surface area contributed by atoms with Crippen LogP contribution in [0.5, 0.6) is 0 Å². The third-order valence-corrected chi connectivity index (χ3v) is 5.73. The number of aromatic nitrogens is 2. The lowest BCUT2D eigenvalue weighted by molar-refractivity contribution is 0.0493. The van der Waals surface area contributed by atoms with Crippen molar-refractivity contribution in [3.63, 3.8) is 0 Å². The number of hydrogen-bond donors (Lipinski definition) is 1. The molecule has 0 bridgehead atoms. The van der Waals surface area contributed by atoms with Gasteiger partial charge in [0.15, 0.2) is 0 Å². The van der Waals surface area contributed by atoms with Crippen LogP contribution in [-0.2, 0) is 28.9 Å². The highest BCUT2D eigenvalue weighted by Gasteiger charge is 2.28. The smallest absolute Gasteiger partial charge is 0.341 e. The second-order valence-corrected chi connectivity index (χ2v) is 8.17. The fraction of sp³-hybridized carbons (Fsp3) is 0.609. The molecule has 8 nitrogen and oxygen atoms in total. The van der Waals surface area contributed by atoms with Crippen molar-refractivity contribution in [2.24, 2.45) is 0 Å². The van der Waals surface area contributed by atoms with E-state index in [9.17, 15) is 9.59 Å². The number of furan rings is 1. The van der Waals surface area contributed by atoms with Crippen LogP contribution in [0.1, 0.15) is 82.8 Å². The number of carbonyl (C=O) groups excluding carboxylic acids is 2. The van der Waals surface area contributed by atoms with Gasteiger partial charge < -0.3 is 19.2 Å². The van der Waals surface area contributed by atoms with E-state index >= 15 is 0 Å². The molecule has 1 amide bonds. The van der Waals surface area contributed by atoms with Crippen LogP contribution in [0.4, 0.5) is 0 Å². The first-order valence-electron chi connectivity index (χ1n) is 11.4. The predicted molar refractivity (Wildman–Crippen MR) is 113 cm³/mol. The summed E-state index contributed by atoms with van der Waals surface area (Å²) in [5, 5.41) is 7.68. The molecule has 31 heavy (non-hydrogen) atoms. The highest BCUT2D eigenvalue weighted by atomic mass is 16.5. The van der Waals surface area contributed by atoms with E-state index in [0.717, 1.165) is 49.3 Å². The SMILES string of the molecule is CCc1nn(CCCOC(=O)c2coc(C3CC3)c2)c2c1C(=O)NCCCOCCC2. The monoisotopic (exact) mass is 429 g/mol. The second kappa shape index (κ2) is 10.1. The van der Waals surface area contributed by atoms with E-state index in [4.69, 9.17) is 19.0 Å². The number of fused-ring (bicyclic) bond motifs is 1. The Labute approximate surface area is 182 Å². The Morgan fingerprint density at radius 3 is 2.97 bits per heavy atom. The van der Waals surface area contributed by atoms with Crippen LogP contribution >= 0.6 is 0 Å². The minimum Gasteiger partial charge on any atom is -0.468 e. The second-order valence-electron chi connectivity index (χ2n) is 8.17. The molecule has 8 heteroatoms. The Bertz CT molecular complexity index is 912. The molecule has 1 N–H and O–H groups in total. The number of nitrogens with one attached hydrogen (secondary N) is 1. The maximum Gasteiger partial charge on any atom is 0.341 e. The summed E-state index contributed by atoms with van der Waals surface area (Å²) < 4.78 is 18.4. The van der Waals surface area contributed by atoms with Crippen molar-refractivity contribution in [1.82, 2.24) is 15.1 Å². The molecule has 2 aliphatic rings. The quantitative estimate of drug-likeness (QED) is 0.536. The van der Waals surface area contributed by atoms with Gasteiger partial charge in [-0.15, -0.1) is 0 Å². The summed E-state index contributed by atoms with van der Waals surface area (Å²) in [7, 11) is 0. The van der Waals surface area contributed by atoms with Crippen molar-refractivity contribution >= 4 is 11.9 Å². The van der Waals surface area contributed by atoms with Crippen molar-refractivity contribution in [2.45, 2.75) is 64.3 Å². The average Bonchev–Trinajstić information content (AvgIpc) is 3.40. The van der Waals surface area contributed by atoms with Crippen molar-refractivity contribution in [3.05, 3.63) is 40.6 Å². The molecule has 0 saturated heterocycles. The molecule has 0 atom stereocenters. The standard InChI is InChI=1S/C23H31N3O5/c1-2-18-21-19(6-3-11-29-12-4-9-24-22(21)27)26(25-18)10-5-13-30-23(28)17-14-20(31-15-17)16-7-8-16/h14-16H,2-13H2,1H3,(H,24,27). The average molecular weight is 430 g/mol. The van der Waals surface area contributed by atoms with Crippen molar-refractivity contribution in [2.75, 3.05) is 26.4 Å². The number of carbonyl (C=O) groups is 2. The topological polar surface area (TPSA) is 95.6 Å². The Kier molecular flexibility index (Phi) is 7.06. The van der Waals surface area contributed by atoms with Crippen LogP contribution in [0.15, 0.2) is 16.7 Å².